The van der Waals surface area contributed by atoms with Crippen LogP contribution in [0.3, 0.4) is 0 Å². The Hall–Kier alpha value is -2.17. The first-order chi connectivity index (χ1) is 12.2. The normalized spacial score (nSPS) is 15.9. The average Bonchev–Trinajstić information content (AvgIpc) is 2.68. The van der Waals surface area contributed by atoms with Crippen molar-refractivity contribution in [3.05, 3.63) is 71.3 Å². The van der Waals surface area contributed by atoms with Crippen molar-refractivity contribution >= 4 is 5.97 Å². The summed E-state index contributed by atoms with van der Waals surface area (Å²) >= 11 is 0. The number of rotatable bonds is 6. The van der Waals surface area contributed by atoms with Crippen LogP contribution in [0.25, 0.3) is 0 Å². The van der Waals surface area contributed by atoms with E-state index in [4.69, 9.17) is 4.74 Å². The second-order valence-corrected chi connectivity index (χ2v) is 6.55. The third-order valence-electron chi connectivity index (χ3n) is 4.78. The highest BCUT2D eigenvalue weighted by Gasteiger charge is 2.17. The summed E-state index contributed by atoms with van der Waals surface area (Å²) in [7, 11) is 1.42. The Kier molecular flexibility index (Phi) is 6.20. The van der Waals surface area contributed by atoms with Crippen molar-refractivity contribution in [2.24, 2.45) is 0 Å². The van der Waals surface area contributed by atoms with Crippen molar-refractivity contribution < 1.29 is 9.53 Å². The van der Waals surface area contributed by atoms with Crippen LogP contribution in [0.15, 0.2) is 54.6 Å². The molecule has 0 N–H and O–H groups in total. The molecule has 132 valence electrons. The lowest BCUT2D eigenvalue weighted by atomic mass is 10.1. The van der Waals surface area contributed by atoms with Crippen LogP contribution in [-0.4, -0.2) is 55.6 Å². The Bertz CT molecular complexity index is 679. The SMILES string of the molecule is COC(=O)c1cccc(CN2CCN(CCc3ccccc3)CC2)c1. The second kappa shape index (κ2) is 8.79. The molecule has 2 aromatic rings. The maximum atomic E-state index is 11.6. The molecule has 0 spiro atoms. The molecule has 0 aliphatic carbocycles. The van der Waals surface area contributed by atoms with Crippen LogP contribution < -0.4 is 0 Å². The molecule has 0 saturated carbocycles. The van der Waals surface area contributed by atoms with Crippen molar-refractivity contribution in [2.45, 2.75) is 13.0 Å². The fourth-order valence-corrected chi connectivity index (χ4v) is 3.28. The molecule has 0 amide bonds. The summed E-state index contributed by atoms with van der Waals surface area (Å²) in [4.78, 5) is 16.6. The van der Waals surface area contributed by atoms with Crippen molar-refractivity contribution in [1.29, 1.82) is 0 Å². The van der Waals surface area contributed by atoms with Gasteiger partial charge in [0, 0.05) is 39.3 Å². The van der Waals surface area contributed by atoms with Crippen molar-refractivity contribution in [3.63, 3.8) is 0 Å². The molecule has 1 fully saturated rings. The zero-order valence-electron chi connectivity index (χ0n) is 14.9. The van der Waals surface area contributed by atoms with Gasteiger partial charge in [0.25, 0.3) is 0 Å². The predicted molar refractivity (Wildman–Crippen MR) is 99.6 cm³/mol. The lowest BCUT2D eigenvalue weighted by molar-refractivity contribution is 0.0600. The number of hydrogen-bond donors (Lipinski definition) is 0. The smallest absolute Gasteiger partial charge is 0.337 e. The van der Waals surface area contributed by atoms with Crippen LogP contribution in [0.2, 0.25) is 0 Å². The fraction of sp³-hybridized carbons (Fsp3) is 0.381. The lowest BCUT2D eigenvalue weighted by Crippen LogP contribution is -2.46. The van der Waals surface area contributed by atoms with Crippen LogP contribution in [-0.2, 0) is 17.7 Å². The number of methoxy groups -OCH3 is 1. The van der Waals surface area contributed by atoms with Gasteiger partial charge in [-0.15, -0.1) is 0 Å². The maximum absolute atomic E-state index is 11.6. The lowest BCUT2D eigenvalue weighted by Gasteiger charge is -2.34. The Balaban J connectivity index is 1.45. The molecule has 25 heavy (non-hydrogen) atoms. The van der Waals surface area contributed by atoms with Gasteiger partial charge in [-0.3, -0.25) is 4.90 Å². The molecule has 0 atom stereocenters. The zero-order valence-corrected chi connectivity index (χ0v) is 14.9. The number of carbonyl (C=O) groups is 1. The largest absolute Gasteiger partial charge is 0.465 e. The van der Waals surface area contributed by atoms with Crippen LogP contribution >= 0.6 is 0 Å². The first kappa shape index (κ1) is 17.6. The van der Waals surface area contributed by atoms with E-state index < -0.39 is 0 Å². The molecule has 1 aliphatic rings. The quantitative estimate of drug-likeness (QED) is 0.758. The number of esters is 1. The number of piperazine rings is 1. The summed E-state index contributed by atoms with van der Waals surface area (Å²) in [6.07, 6.45) is 1.11. The van der Waals surface area contributed by atoms with Crippen LogP contribution in [0.4, 0.5) is 0 Å². The van der Waals surface area contributed by atoms with Crippen molar-refractivity contribution in [3.8, 4) is 0 Å². The number of nitrogens with zero attached hydrogens (tertiary/aromatic N) is 2. The van der Waals surface area contributed by atoms with Gasteiger partial charge >= 0.3 is 5.97 Å². The van der Waals surface area contributed by atoms with Crippen molar-refractivity contribution in [1.82, 2.24) is 9.80 Å². The molecule has 2 aromatic carbocycles. The summed E-state index contributed by atoms with van der Waals surface area (Å²) in [6, 6.07) is 18.4. The summed E-state index contributed by atoms with van der Waals surface area (Å²) in [5.41, 5.74) is 3.20. The monoisotopic (exact) mass is 338 g/mol. The van der Waals surface area contributed by atoms with Gasteiger partial charge < -0.3 is 9.64 Å². The summed E-state index contributed by atoms with van der Waals surface area (Å²) < 4.78 is 4.80. The van der Waals surface area contributed by atoms with Crippen LogP contribution in [0, 0.1) is 0 Å². The molecule has 1 heterocycles. The van der Waals surface area contributed by atoms with Gasteiger partial charge in [0.05, 0.1) is 12.7 Å². The minimum absolute atomic E-state index is 0.271. The van der Waals surface area contributed by atoms with Crippen molar-refractivity contribution in [2.75, 3.05) is 39.8 Å². The van der Waals surface area contributed by atoms with Gasteiger partial charge in [0.15, 0.2) is 0 Å². The van der Waals surface area contributed by atoms with E-state index in [0.717, 1.165) is 45.7 Å². The van der Waals surface area contributed by atoms with Gasteiger partial charge in [-0.25, -0.2) is 4.79 Å². The highest BCUT2D eigenvalue weighted by Crippen LogP contribution is 2.12. The van der Waals surface area contributed by atoms with Gasteiger partial charge in [-0.1, -0.05) is 42.5 Å². The molecule has 0 unspecified atom stereocenters. The molecule has 0 bridgehead atoms. The van der Waals surface area contributed by atoms with E-state index in [0.29, 0.717) is 5.56 Å². The van der Waals surface area contributed by atoms with Gasteiger partial charge in [-0.2, -0.15) is 0 Å². The zero-order chi connectivity index (χ0) is 17.5. The Morgan fingerprint density at radius 1 is 0.920 bits per heavy atom. The molecule has 4 heteroatoms. The Morgan fingerprint density at radius 3 is 2.32 bits per heavy atom. The van der Waals surface area contributed by atoms with E-state index in [9.17, 15) is 4.79 Å². The first-order valence-electron chi connectivity index (χ1n) is 8.90. The number of benzene rings is 2. The molecule has 0 aromatic heterocycles. The molecular weight excluding hydrogens is 312 g/mol. The van der Waals surface area contributed by atoms with E-state index in [-0.39, 0.29) is 5.97 Å². The molecule has 4 nitrogen and oxygen atoms in total. The number of hydrogen-bond acceptors (Lipinski definition) is 4. The second-order valence-electron chi connectivity index (χ2n) is 6.55. The molecule has 1 saturated heterocycles. The summed E-state index contributed by atoms with van der Waals surface area (Å²) in [5.74, 6) is -0.271. The van der Waals surface area contributed by atoms with E-state index in [2.05, 4.69) is 46.2 Å². The topological polar surface area (TPSA) is 32.8 Å². The third kappa shape index (κ3) is 5.15. The minimum atomic E-state index is -0.271. The first-order valence-corrected chi connectivity index (χ1v) is 8.90. The summed E-state index contributed by atoms with van der Waals surface area (Å²) in [6.45, 7) is 6.34. The van der Waals surface area contributed by atoms with E-state index in [1.54, 1.807) is 6.07 Å². The number of ether oxygens (including phenoxy) is 1. The number of carbonyl (C=O) groups excluding carboxylic acids is 1. The standard InChI is InChI=1S/C21H26N2O2/c1-25-21(24)20-9-5-8-19(16-20)17-23-14-12-22(13-15-23)11-10-18-6-3-2-4-7-18/h2-9,16H,10-15,17H2,1H3. The highest BCUT2D eigenvalue weighted by molar-refractivity contribution is 5.89. The third-order valence-corrected chi connectivity index (χ3v) is 4.78. The molecule has 0 radical (unpaired) electrons. The van der Waals surface area contributed by atoms with E-state index in [1.165, 1.54) is 18.2 Å². The molecular formula is C21H26N2O2. The molecule has 3 rings (SSSR count). The average molecular weight is 338 g/mol. The highest BCUT2D eigenvalue weighted by atomic mass is 16.5. The van der Waals surface area contributed by atoms with Gasteiger partial charge in [-0.05, 0) is 29.7 Å². The maximum Gasteiger partial charge on any atom is 0.337 e. The minimum Gasteiger partial charge on any atom is -0.465 e. The Labute approximate surface area is 150 Å². The fourth-order valence-electron chi connectivity index (χ4n) is 3.28. The van der Waals surface area contributed by atoms with E-state index in [1.807, 2.05) is 12.1 Å². The predicted octanol–water partition coefficient (Wildman–Crippen LogP) is 2.83. The van der Waals surface area contributed by atoms with E-state index >= 15 is 0 Å². The Morgan fingerprint density at radius 2 is 1.60 bits per heavy atom. The van der Waals surface area contributed by atoms with Gasteiger partial charge in [0.1, 0.15) is 0 Å². The molecule has 1 aliphatic heterocycles. The van der Waals surface area contributed by atoms with Crippen LogP contribution in [0.5, 0.6) is 0 Å². The van der Waals surface area contributed by atoms with Gasteiger partial charge in [0.2, 0.25) is 0 Å². The summed E-state index contributed by atoms with van der Waals surface area (Å²) in [5, 5.41) is 0. The van der Waals surface area contributed by atoms with Crippen LogP contribution in [0.1, 0.15) is 21.5 Å².